The molecule has 0 N–H and O–H groups in total. The third-order valence-electron chi connectivity index (χ3n) is 2.50. The van der Waals surface area contributed by atoms with E-state index < -0.39 is 17.5 Å². The first-order valence-corrected chi connectivity index (χ1v) is 5.38. The molecule has 2 rings (SSSR count). The van der Waals surface area contributed by atoms with Gasteiger partial charge >= 0.3 is 6.18 Å². The van der Waals surface area contributed by atoms with Gasteiger partial charge in [0.25, 0.3) is 0 Å². The van der Waals surface area contributed by atoms with Gasteiger partial charge in [-0.2, -0.15) is 13.2 Å². The summed E-state index contributed by atoms with van der Waals surface area (Å²) in [5, 5.41) is 0. The molecule has 0 spiro atoms. The van der Waals surface area contributed by atoms with Crippen molar-refractivity contribution in [3.8, 4) is 0 Å². The lowest BCUT2D eigenvalue weighted by Gasteiger charge is -2.06. The predicted molar refractivity (Wildman–Crippen MR) is 61.6 cm³/mol. The third-order valence-corrected chi connectivity index (χ3v) is 2.50. The number of halogens is 3. The number of hydrogen-bond donors (Lipinski definition) is 0. The van der Waals surface area contributed by atoms with E-state index in [1.165, 1.54) is 6.20 Å². The van der Waals surface area contributed by atoms with Crippen molar-refractivity contribution in [1.82, 2.24) is 9.97 Å². The molecule has 19 heavy (non-hydrogen) atoms. The fraction of sp³-hybridized carbons (Fsp3) is 0.154. The summed E-state index contributed by atoms with van der Waals surface area (Å²) in [5.74, 6) is -0.457. The third kappa shape index (κ3) is 2.96. The van der Waals surface area contributed by atoms with Crippen molar-refractivity contribution in [3.63, 3.8) is 0 Å². The Balaban J connectivity index is 2.27. The van der Waals surface area contributed by atoms with Crippen LogP contribution in [0.2, 0.25) is 0 Å². The van der Waals surface area contributed by atoms with Crippen molar-refractivity contribution in [2.45, 2.75) is 13.1 Å². The Bertz CT molecular complexity index is 589. The average molecular weight is 266 g/mol. The van der Waals surface area contributed by atoms with Crippen LogP contribution in [-0.2, 0) is 6.18 Å². The molecular weight excluding hydrogens is 257 g/mol. The van der Waals surface area contributed by atoms with Gasteiger partial charge in [-0.05, 0) is 31.2 Å². The largest absolute Gasteiger partial charge is 0.417 e. The number of aryl methyl sites for hydroxylation is 1. The fourth-order valence-corrected chi connectivity index (χ4v) is 1.45. The maximum atomic E-state index is 12.4. The second-order valence-corrected chi connectivity index (χ2v) is 3.95. The molecular formula is C13H9F3N2O. The quantitative estimate of drug-likeness (QED) is 0.785. The van der Waals surface area contributed by atoms with Gasteiger partial charge in [-0.1, -0.05) is 0 Å². The number of alkyl halides is 3. The summed E-state index contributed by atoms with van der Waals surface area (Å²) in [6.07, 6.45) is -2.44. The zero-order valence-corrected chi connectivity index (χ0v) is 9.90. The lowest BCUT2D eigenvalue weighted by molar-refractivity contribution is -0.137. The molecule has 0 fully saturated rings. The molecule has 98 valence electrons. The molecule has 0 saturated carbocycles. The van der Waals surface area contributed by atoms with E-state index in [9.17, 15) is 18.0 Å². The van der Waals surface area contributed by atoms with Crippen LogP contribution in [-0.4, -0.2) is 15.8 Å². The minimum atomic E-state index is -4.46. The van der Waals surface area contributed by atoms with Gasteiger partial charge in [0.1, 0.15) is 5.69 Å². The van der Waals surface area contributed by atoms with Crippen LogP contribution in [0.15, 0.2) is 36.7 Å². The first kappa shape index (κ1) is 13.2. The van der Waals surface area contributed by atoms with E-state index >= 15 is 0 Å². The number of nitrogens with zero attached hydrogens (tertiary/aromatic N) is 2. The highest BCUT2D eigenvalue weighted by Crippen LogP contribution is 2.28. The number of rotatable bonds is 2. The summed E-state index contributed by atoms with van der Waals surface area (Å²) in [5.41, 5.74) is 0.111. The molecule has 0 unspecified atom stereocenters. The molecule has 0 radical (unpaired) electrons. The molecule has 2 aromatic heterocycles. The maximum Gasteiger partial charge on any atom is 0.417 e. The van der Waals surface area contributed by atoms with Crippen LogP contribution >= 0.6 is 0 Å². The van der Waals surface area contributed by atoms with E-state index in [1.54, 1.807) is 19.1 Å². The Morgan fingerprint density at radius 2 is 1.79 bits per heavy atom. The molecule has 0 aliphatic carbocycles. The molecule has 0 aromatic carbocycles. The van der Waals surface area contributed by atoms with Gasteiger partial charge < -0.3 is 0 Å². The van der Waals surface area contributed by atoms with Gasteiger partial charge in [0, 0.05) is 23.7 Å². The molecule has 3 nitrogen and oxygen atoms in total. The lowest BCUT2D eigenvalue weighted by Crippen LogP contribution is -2.09. The van der Waals surface area contributed by atoms with Crippen LogP contribution in [0, 0.1) is 6.92 Å². The Morgan fingerprint density at radius 3 is 2.26 bits per heavy atom. The van der Waals surface area contributed by atoms with Crippen LogP contribution in [0.4, 0.5) is 13.2 Å². The standard InChI is InChI=1S/C13H9F3N2O/c1-8-2-3-9(6-17-8)12(19)11-5-4-10(7-18-11)13(14,15)16/h2-7H,1H3. The maximum absolute atomic E-state index is 12.4. The van der Waals surface area contributed by atoms with Crippen LogP contribution < -0.4 is 0 Å². The molecule has 0 saturated heterocycles. The topological polar surface area (TPSA) is 42.9 Å². The number of carbonyl (C=O) groups is 1. The van der Waals surface area contributed by atoms with Crippen molar-refractivity contribution in [1.29, 1.82) is 0 Å². The van der Waals surface area contributed by atoms with Crippen molar-refractivity contribution >= 4 is 5.78 Å². The molecule has 0 aliphatic rings. The highest BCUT2D eigenvalue weighted by Gasteiger charge is 2.30. The summed E-state index contributed by atoms with van der Waals surface area (Å²) < 4.78 is 37.1. The zero-order valence-electron chi connectivity index (χ0n) is 9.90. The van der Waals surface area contributed by atoms with Crippen molar-refractivity contribution in [2.75, 3.05) is 0 Å². The molecule has 0 aliphatic heterocycles. The number of hydrogen-bond acceptors (Lipinski definition) is 3. The van der Waals surface area contributed by atoms with Gasteiger partial charge in [-0.25, -0.2) is 0 Å². The van der Waals surface area contributed by atoms with Crippen LogP contribution in [0.1, 0.15) is 27.3 Å². The molecule has 2 heterocycles. The Labute approximate surface area is 107 Å². The summed E-state index contributed by atoms with van der Waals surface area (Å²) >= 11 is 0. The predicted octanol–water partition coefficient (Wildman–Crippen LogP) is 3.03. The first-order chi connectivity index (χ1) is 8.88. The van der Waals surface area contributed by atoms with Crippen LogP contribution in [0.25, 0.3) is 0 Å². The van der Waals surface area contributed by atoms with Gasteiger partial charge in [0.15, 0.2) is 0 Å². The van der Waals surface area contributed by atoms with E-state index in [0.717, 1.165) is 17.8 Å². The van der Waals surface area contributed by atoms with Crippen molar-refractivity contribution < 1.29 is 18.0 Å². The van der Waals surface area contributed by atoms with Crippen molar-refractivity contribution in [3.05, 3.63) is 59.2 Å². The number of carbonyl (C=O) groups excluding carboxylic acids is 1. The van der Waals surface area contributed by atoms with Gasteiger partial charge in [0.2, 0.25) is 5.78 Å². The smallest absolute Gasteiger partial charge is 0.287 e. The normalized spacial score (nSPS) is 11.4. The first-order valence-electron chi connectivity index (χ1n) is 5.38. The molecule has 6 heteroatoms. The summed E-state index contributed by atoms with van der Waals surface area (Å²) in [4.78, 5) is 19.4. The number of aromatic nitrogens is 2. The van der Waals surface area contributed by atoms with E-state index in [0.29, 0.717) is 6.20 Å². The minimum absolute atomic E-state index is 0.0429. The van der Waals surface area contributed by atoms with E-state index in [-0.39, 0.29) is 11.3 Å². The zero-order chi connectivity index (χ0) is 14.0. The Kier molecular flexibility index (Phi) is 3.33. The van der Waals surface area contributed by atoms with Gasteiger partial charge in [-0.3, -0.25) is 14.8 Å². The van der Waals surface area contributed by atoms with Crippen LogP contribution in [0.3, 0.4) is 0 Å². The molecule has 0 atom stereocenters. The fourth-order valence-electron chi connectivity index (χ4n) is 1.45. The van der Waals surface area contributed by atoms with E-state index in [1.807, 2.05) is 0 Å². The lowest BCUT2D eigenvalue weighted by atomic mass is 10.1. The second kappa shape index (κ2) is 4.79. The van der Waals surface area contributed by atoms with E-state index in [4.69, 9.17) is 0 Å². The Hall–Kier alpha value is -2.24. The summed E-state index contributed by atoms with van der Waals surface area (Å²) in [6, 6.07) is 5.11. The molecule has 2 aromatic rings. The molecule has 0 amide bonds. The number of pyridine rings is 2. The highest BCUT2D eigenvalue weighted by molar-refractivity contribution is 6.07. The van der Waals surface area contributed by atoms with Gasteiger partial charge in [-0.15, -0.1) is 0 Å². The van der Waals surface area contributed by atoms with Crippen molar-refractivity contribution in [2.24, 2.45) is 0 Å². The van der Waals surface area contributed by atoms with Gasteiger partial charge in [0.05, 0.1) is 5.56 Å². The Morgan fingerprint density at radius 1 is 1.05 bits per heavy atom. The SMILES string of the molecule is Cc1ccc(C(=O)c2ccc(C(F)(F)F)cn2)cn1. The monoisotopic (exact) mass is 266 g/mol. The van der Waals surface area contributed by atoms with E-state index in [2.05, 4.69) is 9.97 Å². The van der Waals surface area contributed by atoms with Crippen LogP contribution in [0.5, 0.6) is 0 Å². The summed E-state index contributed by atoms with van der Waals surface area (Å²) in [7, 11) is 0. The minimum Gasteiger partial charge on any atom is -0.287 e. The molecule has 0 bridgehead atoms. The highest BCUT2D eigenvalue weighted by atomic mass is 19.4. The summed E-state index contributed by atoms with van der Waals surface area (Å²) in [6.45, 7) is 1.77. The number of ketones is 1. The average Bonchev–Trinajstić information content (AvgIpc) is 2.38. The second-order valence-electron chi connectivity index (χ2n) is 3.95.